The summed E-state index contributed by atoms with van der Waals surface area (Å²) in [5.74, 6) is 0.717. The molecule has 0 radical (unpaired) electrons. The number of rotatable bonds is 3. The molecule has 0 bridgehead atoms. The number of carbonyl (C=O) groups is 1. The Balaban J connectivity index is 2.26. The standard InChI is InChI=1S/C13H16N4O/c1-4-11-14-12(16-15-11)13(18)17(3)10-8-6-5-7-9(10)2/h5-8H,4H2,1-3H3,(H,14,15,16). The highest BCUT2D eigenvalue weighted by Gasteiger charge is 2.19. The Kier molecular flexibility index (Phi) is 3.41. The van der Waals surface area contributed by atoms with E-state index in [1.807, 2.05) is 38.1 Å². The molecule has 1 heterocycles. The molecule has 5 nitrogen and oxygen atoms in total. The Labute approximate surface area is 106 Å². The summed E-state index contributed by atoms with van der Waals surface area (Å²) in [4.78, 5) is 17.9. The van der Waals surface area contributed by atoms with Gasteiger partial charge in [-0.05, 0) is 18.6 Å². The molecule has 0 aliphatic carbocycles. The van der Waals surface area contributed by atoms with Crippen LogP contribution in [0.15, 0.2) is 24.3 Å². The molecule has 2 aromatic rings. The molecule has 0 saturated carbocycles. The second-order valence-corrected chi connectivity index (χ2v) is 4.11. The SMILES string of the molecule is CCc1nc(C(=O)N(C)c2ccccc2C)n[nH]1. The van der Waals surface area contributed by atoms with Crippen LogP contribution in [0.2, 0.25) is 0 Å². The quantitative estimate of drug-likeness (QED) is 0.897. The summed E-state index contributed by atoms with van der Waals surface area (Å²) < 4.78 is 0. The van der Waals surface area contributed by atoms with Crippen molar-refractivity contribution in [1.29, 1.82) is 0 Å². The number of aromatic amines is 1. The van der Waals surface area contributed by atoms with E-state index in [2.05, 4.69) is 15.2 Å². The zero-order valence-corrected chi connectivity index (χ0v) is 10.8. The molecule has 1 N–H and O–H groups in total. The van der Waals surface area contributed by atoms with E-state index >= 15 is 0 Å². The molecule has 0 aliphatic rings. The van der Waals surface area contributed by atoms with Gasteiger partial charge < -0.3 is 4.90 Å². The summed E-state index contributed by atoms with van der Waals surface area (Å²) in [5.41, 5.74) is 1.91. The minimum atomic E-state index is -0.208. The Morgan fingerprint density at radius 2 is 2.11 bits per heavy atom. The van der Waals surface area contributed by atoms with Crippen LogP contribution in [0.25, 0.3) is 0 Å². The maximum Gasteiger partial charge on any atom is 0.297 e. The summed E-state index contributed by atoms with van der Waals surface area (Å²) in [6.45, 7) is 3.92. The highest BCUT2D eigenvalue weighted by atomic mass is 16.2. The number of carbonyl (C=O) groups excluding carboxylic acids is 1. The zero-order chi connectivity index (χ0) is 13.1. The molecule has 0 spiro atoms. The number of amides is 1. The van der Waals surface area contributed by atoms with Crippen molar-refractivity contribution in [1.82, 2.24) is 15.2 Å². The van der Waals surface area contributed by atoms with Gasteiger partial charge in [0.2, 0.25) is 5.82 Å². The smallest absolute Gasteiger partial charge is 0.297 e. The minimum Gasteiger partial charge on any atom is -0.308 e. The first-order valence-corrected chi connectivity index (χ1v) is 5.88. The summed E-state index contributed by atoms with van der Waals surface area (Å²) in [6, 6.07) is 7.72. The molecule has 0 saturated heterocycles. The maximum absolute atomic E-state index is 12.2. The van der Waals surface area contributed by atoms with Gasteiger partial charge in [-0.25, -0.2) is 4.98 Å². The van der Waals surface area contributed by atoms with Gasteiger partial charge in [0.15, 0.2) is 0 Å². The minimum absolute atomic E-state index is 0.206. The van der Waals surface area contributed by atoms with E-state index in [0.29, 0.717) is 0 Å². The highest BCUT2D eigenvalue weighted by Crippen LogP contribution is 2.19. The van der Waals surface area contributed by atoms with Gasteiger partial charge in [-0.15, -0.1) is 5.10 Å². The van der Waals surface area contributed by atoms with Gasteiger partial charge in [0, 0.05) is 19.2 Å². The summed E-state index contributed by atoms with van der Waals surface area (Å²) in [7, 11) is 1.73. The van der Waals surface area contributed by atoms with Gasteiger partial charge >= 0.3 is 0 Å². The second-order valence-electron chi connectivity index (χ2n) is 4.11. The molecule has 2 rings (SSSR count). The van der Waals surface area contributed by atoms with Crippen LogP contribution in [-0.2, 0) is 6.42 Å². The fourth-order valence-corrected chi connectivity index (χ4v) is 1.75. The van der Waals surface area contributed by atoms with E-state index in [1.54, 1.807) is 11.9 Å². The Morgan fingerprint density at radius 3 is 2.72 bits per heavy atom. The van der Waals surface area contributed by atoms with Gasteiger partial charge in [-0.1, -0.05) is 25.1 Å². The molecule has 18 heavy (non-hydrogen) atoms. The molecule has 5 heteroatoms. The van der Waals surface area contributed by atoms with Crippen molar-refractivity contribution in [3.63, 3.8) is 0 Å². The predicted octanol–water partition coefficient (Wildman–Crippen LogP) is 1.95. The maximum atomic E-state index is 12.2. The number of para-hydroxylation sites is 1. The molecule has 1 amide bonds. The molecular weight excluding hydrogens is 228 g/mol. The number of hydrogen-bond acceptors (Lipinski definition) is 3. The normalized spacial score (nSPS) is 10.4. The average Bonchev–Trinajstić information content (AvgIpc) is 2.86. The van der Waals surface area contributed by atoms with E-state index in [-0.39, 0.29) is 11.7 Å². The third-order valence-corrected chi connectivity index (χ3v) is 2.84. The lowest BCUT2D eigenvalue weighted by Crippen LogP contribution is -2.28. The first-order chi connectivity index (χ1) is 8.63. The van der Waals surface area contributed by atoms with Crippen molar-refractivity contribution in [2.75, 3.05) is 11.9 Å². The van der Waals surface area contributed by atoms with Crippen molar-refractivity contribution >= 4 is 11.6 Å². The van der Waals surface area contributed by atoms with Crippen molar-refractivity contribution < 1.29 is 4.79 Å². The molecule has 94 valence electrons. The monoisotopic (exact) mass is 244 g/mol. The zero-order valence-electron chi connectivity index (χ0n) is 10.8. The first kappa shape index (κ1) is 12.3. The fourth-order valence-electron chi connectivity index (χ4n) is 1.75. The number of benzene rings is 1. The molecule has 0 aliphatic heterocycles. The van der Waals surface area contributed by atoms with E-state index in [9.17, 15) is 4.79 Å². The van der Waals surface area contributed by atoms with Gasteiger partial charge in [0.25, 0.3) is 5.91 Å². The predicted molar refractivity (Wildman–Crippen MR) is 69.7 cm³/mol. The van der Waals surface area contributed by atoms with Gasteiger partial charge in [0.05, 0.1) is 0 Å². The molecular formula is C13H16N4O. The highest BCUT2D eigenvalue weighted by molar-refractivity contribution is 6.03. The largest absolute Gasteiger partial charge is 0.308 e. The van der Waals surface area contributed by atoms with Crippen molar-refractivity contribution in [2.24, 2.45) is 0 Å². The Bertz CT molecular complexity index is 562. The summed E-state index contributed by atoms with van der Waals surface area (Å²) >= 11 is 0. The van der Waals surface area contributed by atoms with Crippen LogP contribution >= 0.6 is 0 Å². The number of nitrogens with zero attached hydrogens (tertiary/aromatic N) is 3. The van der Waals surface area contributed by atoms with Crippen LogP contribution in [0.5, 0.6) is 0 Å². The van der Waals surface area contributed by atoms with Crippen LogP contribution < -0.4 is 4.90 Å². The third kappa shape index (κ3) is 2.25. The summed E-state index contributed by atoms with van der Waals surface area (Å²) in [5, 5.41) is 6.68. The summed E-state index contributed by atoms with van der Waals surface area (Å²) in [6.07, 6.45) is 0.731. The van der Waals surface area contributed by atoms with Gasteiger partial charge in [-0.2, -0.15) is 0 Å². The van der Waals surface area contributed by atoms with E-state index in [0.717, 1.165) is 23.5 Å². The first-order valence-electron chi connectivity index (χ1n) is 5.88. The fraction of sp³-hybridized carbons (Fsp3) is 0.308. The lowest BCUT2D eigenvalue weighted by atomic mass is 10.2. The lowest BCUT2D eigenvalue weighted by Gasteiger charge is -2.17. The number of aromatic nitrogens is 3. The van der Waals surface area contributed by atoms with E-state index in [4.69, 9.17) is 0 Å². The number of hydrogen-bond donors (Lipinski definition) is 1. The van der Waals surface area contributed by atoms with Gasteiger partial charge in [-0.3, -0.25) is 9.89 Å². The topological polar surface area (TPSA) is 61.9 Å². The van der Waals surface area contributed by atoms with Crippen molar-refractivity contribution in [3.8, 4) is 0 Å². The van der Waals surface area contributed by atoms with Crippen molar-refractivity contribution in [2.45, 2.75) is 20.3 Å². The number of H-pyrrole nitrogens is 1. The van der Waals surface area contributed by atoms with Crippen LogP contribution in [0.1, 0.15) is 28.9 Å². The lowest BCUT2D eigenvalue weighted by molar-refractivity contribution is 0.0983. The van der Waals surface area contributed by atoms with Crippen LogP contribution in [0.4, 0.5) is 5.69 Å². The Morgan fingerprint density at radius 1 is 1.39 bits per heavy atom. The average molecular weight is 244 g/mol. The number of aryl methyl sites for hydroxylation is 2. The molecule has 0 atom stereocenters. The molecule has 0 fully saturated rings. The molecule has 1 aromatic heterocycles. The third-order valence-electron chi connectivity index (χ3n) is 2.84. The second kappa shape index (κ2) is 5.00. The molecule has 1 aromatic carbocycles. The number of nitrogens with one attached hydrogen (secondary N) is 1. The van der Waals surface area contributed by atoms with E-state index in [1.165, 1.54) is 0 Å². The van der Waals surface area contributed by atoms with Crippen LogP contribution in [0, 0.1) is 6.92 Å². The van der Waals surface area contributed by atoms with E-state index < -0.39 is 0 Å². The van der Waals surface area contributed by atoms with Crippen LogP contribution in [0.3, 0.4) is 0 Å². The van der Waals surface area contributed by atoms with Crippen molar-refractivity contribution in [3.05, 3.63) is 41.5 Å². The van der Waals surface area contributed by atoms with Gasteiger partial charge in [0.1, 0.15) is 5.82 Å². The number of anilines is 1. The van der Waals surface area contributed by atoms with Crippen LogP contribution in [-0.4, -0.2) is 28.1 Å². The molecule has 0 unspecified atom stereocenters. The Hall–Kier alpha value is -2.17.